The fraction of sp³-hybridized carbons (Fsp3) is 0.650. The SMILES string of the molecule is CC(C)(C)c1ccc(C2(CNC(=O)C3CCNC3)CCC2)cc1. The monoisotopic (exact) mass is 314 g/mol. The van der Waals surface area contributed by atoms with Gasteiger partial charge < -0.3 is 10.6 Å². The van der Waals surface area contributed by atoms with Crippen LogP contribution in [-0.2, 0) is 15.6 Å². The highest BCUT2D eigenvalue weighted by atomic mass is 16.1. The molecule has 0 spiro atoms. The molecule has 23 heavy (non-hydrogen) atoms. The van der Waals surface area contributed by atoms with Crippen molar-refractivity contribution in [3.63, 3.8) is 0 Å². The zero-order valence-corrected chi connectivity index (χ0v) is 14.7. The normalized spacial score (nSPS) is 23.3. The van der Waals surface area contributed by atoms with Gasteiger partial charge in [-0.25, -0.2) is 0 Å². The molecule has 1 atom stereocenters. The third-order valence-corrected chi connectivity index (χ3v) is 5.71. The minimum atomic E-state index is 0.162. The van der Waals surface area contributed by atoms with Crippen LogP contribution in [0.15, 0.2) is 24.3 Å². The van der Waals surface area contributed by atoms with Gasteiger partial charge in [-0.3, -0.25) is 4.79 Å². The second-order valence-electron chi connectivity index (χ2n) is 8.37. The van der Waals surface area contributed by atoms with Gasteiger partial charge in [0.15, 0.2) is 0 Å². The number of carbonyl (C=O) groups is 1. The van der Waals surface area contributed by atoms with Gasteiger partial charge in [-0.1, -0.05) is 51.5 Å². The molecule has 3 nitrogen and oxygen atoms in total. The fourth-order valence-corrected chi connectivity index (χ4v) is 3.77. The second-order valence-corrected chi connectivity index (χ2v) is 8.37. The van der Waals surface area contributed by atoms with Crippen molar-refractivity contribution < 1.29 is 4.79 Å². The Balaban J connectivity index is 1.67. The van der Waals surface area contributed by atoms with Crippen molar-refractivity contribution in [3.05, 3.63) is 35.4 Å². The van der Waals surface area contributed by atoms with Gasteiger partial charge in [0.2, 0.25) is 5.91 Å². The van der Waals surface area contributed by atoms with Crippen LogP contribution in [0.1, 0.15) is 57.6 Å². The number of rotatable bonds is 4. The van der Waals surface area contributed by atoms with Crippen molar-refractivity contribution >= 4 is 5.91 Å². The maximum atomic E-state index is 12.3. The summed E-state index contributed by atoms with van der Waals surface area (Å²) < 4.78 is 0. The predicted molar refractivity (Wildman–Crippen MR) is 94.7 cm³/mol. The molecule has 1 heterocycles. The van der Waals surface area contributed by atoms with E-state index in [9.17, 15) is 4.79 Å². The van der Waals surface area contributed by atoms with Crippen LogP contribution in [0.2, 0.25) is 0 Å². The number of carbonyl (C=O) groups excluding carboxylic acids is 1. The van der Waals surface area contributed by atoms with Crippen molar-refractivity contribution in [2.75, 3.05) is 19.6 Å². The lowest BCUT2D eigenvalue weighted by Crippen LogP contribution is -2.47. The Morgan fingerprint density at radius 3 is 2.43 bits per heavy atom. The van der Waals surface area contributed by atoms with Gasteiger partial charge in [-0.05, 0) is 42.3 Å². The Morgan fingerprint density at radius 1 is 1.26 bits per heavy atom. The van der Waals surface area contributed by atoms with Gasteiger partial charge >= 0.3 is 0 Å². The summed E-state index contributed by atoms with van der Waals surface area (Å²) in [7, 11) is 0. The average molecular weight is 314 g/mol. The number of nitrogens with one attached hydrogen (secondary N) is 2. The minimum absolute atomic E-state index is 0.162. The molecule has 1 amide bonds. The van der Waals surface area contributed by atoms with Crippen molar-refractivity contribution in [1.29, 1.82) is 0 Å². The lowest BCUT2D eigenvalue weighted by Gasteiger charge is -2.43. The van der Waals surface area contributed by atoms with Gasteiger partial charge in [0.25, 0.3) is 0 Å². The summed E-state index contributed by atoms with van der Waals surface area (Å²) in [6.07, 6.45) is 4.61. The molecule has 2 fully saturated rings. The Labute approximate surface area is 140 Å². The zero-order chi connectivity index (χ0) is 16.5. The maximum absolute atomic E-state index is 12.3. The molecule has 3 rings (SSSR count). The second kappa shape index (κ2) is 6.27. The van der Waals surface area contributed by atoms with Crippen LogP contribution >= 0.6 is 0 Å². The lowest BCUT2D eigenvalue weighted by molar-refractivity contribution is -0.124. The summed E-state index contributed by atoms with van der Waals surface area (Å²) >= 11 is 0. The fourth-order valence-electron chi connectivity index (χ4n) is 3.77. The first-order valence-electron chi connectivity index (χ1n) is 9.00. The van der Waals surface area contributed by atoms with Crippen LogP contribution in [0.5, 0.6) is 0 Å². The lowest BCUT2D eigenvalue weighted by atomic mass is 9.64. The standard InChI is InChI=1S/C20H30N2O/c1-19(2,3)16-5-7-17(8-6-16)20(10-4-11-20)14-22-18(23)15-9-12-21-13-15/h5-8,15,21H,4,9-14H2,1-3H3,(H,22,23). The quantitative estimate of drug-likeness (QED) is 0.896. The largest absolute Gasteiger partial charge is 0.355 e. The van der Waals surface area contributed by atoms with Gasteiger partial charge in [0, 0.05) is 18.5 Å². The molecule has 0 radical (unpaired) electrons. The molecule has 1 aliphatic heterocycles. The van der Waals surface area contributed by atoms with Gasteiger partial charge in [-0.15, -0.1) is 0 Å². The first-order chi connectivity index (χ1) is 10.9. The molecular weight excluding hydrogens is 284 g/mol. The maximum Gasteiger partial charge on any atom is 0.224 e. The van der Waals surface area contributed by atoms with Crippen molar-refractivity contribution in [2.24, 2.45) is 5.92 Å². The molecule has 2 N–H and O–H groups in total. The highest BCUT2D eigenvalue weighted by Gasteiger charge is 2.39. The van der Waals surface area contributed by atoms with Crippen LogP contribution in [-0.4, -0.2) is 25.5 Å². The molecule has 2 aliphatic rings. The summed E-state index contributed by atoms with van der Waals surface area (Å²) in [4.78, 5) is 12.3. The van der Waals surface area contributed by atoms with Gasteiger partial charge in [-0.2, -0.15) is 0 Å². The molecule has 0 bridgehead atoms. The predicted octanol–water partition coefficient (Wildman–Crippen LogP) is 3.13. The van der Waals surface area contributed by atoms with E-state index in [4.69, 9.17) is 0 Å². The molecule has 1 unspecified atom stereocenters. The van der Waals surface area contributed by atoms with E-state index < -0.39 is 0 Å². The number of amides is 1. The molecule has 1 aromatic carbocycles. The highest BCUT2D eigenvalue weighted by Crippen LogP contribution is 2.43. The van der Waals surface area contributed by atoms with E-state index in [0.29, 0.717) is 0 Å². The van der Waals surface area contributed by atoms with Crippen molar-refractivity contribution in [3.8, 4) is 0 Å². The topological polar surface area (TPSA) is 41.1 Å². The van der Waals surface area contributed by atoms with Gasteiger partial charge in [0.1, 0.15) is 0 Å². The molecule has 1 aromatic rings. The third kappa shape index (κ3) is 3.45. The Kier molecular flexibility index (Phi) is 4.50. The van der Waals surface area contributed by atoms with E-state index in [1.807, 2.05) is 0 Å². The molecule has 1 aliphatic carbocycles. The van der Waals surface area contributed by atoms with Crippen LogP contribution in [0.25, 0.3) is 0 Å². The number of hydrogen-bond acceptors (Lipinski definition) is 2. The van der Waals surface area contributed by atoms with E-state index in [1.165, 1.54) is 30.4 Å². The summed E-state index contributed by atoms with van der Waals surface area (Å²) in [5.74, 6) is 0.392. The molecular formula is C20H30N2O. The van der Waals surface area contributed by atoms with Gasteiger partial charge in [0.05, 0.1) is 5.92 Å². The summed E-state index contributed by atoms with van der Waals surface area (Å²) in [5, 5.41) is 6.50. The van der Waals surface area contributed by atoms with Crippen LogP contribution in [0.3, 0.4) is 0 Å². The summed E-state index contributed by atoms with van der Waals surface area (Å²) in [5.41, 5.74) is 3.12. The van der Waals surface area contributed by atoms with E-state index in [-0.39, 0.29) is 22.7 Å². The van der Waals surface area contributed by atoms with Crippen LogP contribution < -0.4 is 10.6 Å². The van der Waals surface area contributed by atoms with Crippen molar-refractivity contribution in [1.82, 2.24) is 10.6 Å². The van der Waals surface area contributed by atoms with Crippen LogP contribution in [0.4, 0.5) is 0 Å². The molecule has 1 saturated carbocycles. The van der Waals surface area contributed by atoms with E-state index in [2.05, 4.69) is 55.7 Å². The van der Waals surface area contributed by atoms with Crippen LogP contribution in [0, 0.1) is 5.92 Å². The van der Waals surface area contributed by atoms with E-state index in [1.54, 1.807) is 0 Å². The minimum Gasteiger partial charge on any atom is -0.355 e. The smallest absolute Gasteiger partial charge is 0.224 e. The average Bonchev–Trinajstić information content (AvgIpc) is 3.00. The Hall–Kier alpha value is -1.35. The molecule has 1 saturated heterocycles. The summed E-state index contributed by atoms with van der Waals surface area (Å²) in [6.45, 7) is 9.33. The molecule has 0 aromatic heterocycles. The number of benzene rings is 1. The van der Waals surface area contributed by atoms with Crippen molar-refractivity contribution in [2.45, 2.75) is 57.3 Å². The number of hydrogen-bond donors (Lipinski definition) is 2. The third-order valence-electron chi connectivity index (χ3n) is 5.71. The highest BCUT2D eigenvalue weighted by molar-refractivity contribution is 5.79. The Morgan fingerprint density at radius 2 is 1.96 bits per heavy atom. The van der Waals surface area contributed by atoms with E-state index in [0.717, 1.165) is 26.1 Å². The summed E-state index contributed by atoms with van der Waals surface area (Å²) in [6, 6.07) is 9.09. The first-order valence-corrected chi connectivity index (χ1v) is 9.00. The zero-order valence-electron chi connectivity index (χ0n) is 14.7. The Bertz CT molecular complexity index is 546. The van der Waals surface area contributed by atoms with E-state index >= 15 is 0 Å². The first kappa shape index (κ1) is 16.5. The molecule has 3 heteroatoms. The molecule has 126 valence electrons.